The van der Waals surface area contributed by atoms with Crippen LogP contribution in [0, 0.1) is 0 Å². The van der Waals surface area contributed by atoms with Crippen LogP contribution in [0.15, 0.2) is 0 Å². The molecule has 1 rings (SSSR count). The van der Waals surface area contributed by atoms with Crippen molar-refractivity contribution in [2.24, 2.45) is 0 Å². The lowest BCUT2D eigenvalue weighted by atomic mass is 10.3. The molecule has 0 unspecified atom stereocenters. The molecule has 1 aliphatic rings. The molecule has 0 spiro atoms. The molecule has 0 aromatic carbocycles. The van der Waals surface area contributed by atoms with Crippen LogP contribution < -0.4 is 5.32 Å². The number of hydrogen-bond donors (Lipinski definition) is 2. The molecule has 0 radical (unpaired) electrons. The van der Waals surface area contributed by atoms with E-state index in [-0.39, 0.29) is 6.61 Å². The second-order valence-electron chi connectivity index (χ2n) is 2.71. The van der Waals surface area contributed by atoms with Gasteiger partial charge in [-0.3, -0.25) is 4.79 Å². The summed E-state index contributed by atoms with van der Waals surface area (Å²) < 4.78 is 5.22. The number of carboxylic acids is 1. The van der Waals surface area contributed by atoms with Gasteiger partial charge in [0.05, 0.1) is 12.7 Å². The van der Waals surface area contributed by atoms with Gasteiger partial charge in [-0.15, -0.1) is 0 Å². The summed E-state index contributed by atoms with van der Waals surface area (Å²) in [5.41, 5.74) is 0. The van der Waals surface area contributed by atoms with Gasteiger partial charge in [0.2, 0.25) is 0 Å². The number of rotatable bonds is 5. The van der Waals surface area contributed by atoms with Gasteiger partial charge in [0.25, 0.3) is 0 Å². The summed E-state index contributed by atoms with van der Waals surface area (Å²) >= 11 is 0. The van der Waals surface area contributed by atoms with Gasteiger partial charge < -0.3 is 15.2 Å². The van der Waals surface area contributed by atoms with Crippen molar-refractivity contribution >= 4 is 5.97 Å². The Labute approximate surface area is 65.5 Å². The first-order chi connectivity index (χ1) is 5.24. The predicted octanol–water partition coefficient (Wildman–Crippen LogP) is -0.162. The molecule has 1 saturated carbocycles. The van der Waals surface area contributed by atoms with Crippen molar-refractivity contribution in [2.75, 3.05) is 13.7 Å². The van der Waals surface area contributed by atoms with E-state index in [1.807, 2.05) is 0 Å². The van der Waals surface area contributed by atoms with Crippen LogP contribution in [0.4, 0.5) is 0 Å². The van der Waals surface area contributed by atoms with Crippen LogP contribution in [0.25, 0.3) is 0 Å². The fraction of sp³-hybridized carbons (Fsp3) is 0.857. The maximum absolute atomic E-state index is 10.4. The van der Waals surface area contributed by atoms with Crippen LogP contribution in [0.3, 0.4) is 0 Å². The van der Waals surface area contributed by atoms with Crippen LogP contribution in [-0.2, 0) is 9.53 Å². The Bertz CT molecular complexity index is 145. The Morgan fingerprint density at radius 3 is 2.82 bits per heavy atom. The summed E-state index contributed by atoms with van der Waals surface area (Å²) in [4.78, 5) is 10.4. The van der Waals surface area contributed by atoms with Gasteiger partial charge in [0, 0.05) is 0 Å². The number of hydrogen-bond acceptors (Lipinski definition) is 3. The Balaban J connectivity index is 2.13. The number of carboxylic acid groups (broad SMARTS) is 1. The molecular formula is C7H13NO3. The lowest BCUT2D eigenvalue weighted by Gasteiger charge is -2.10. The molecule has 1 aliphatic carbocycles. The normalized spacial score (nSPS) is 19.7. The molecule has 4 nitrogen and oxygen atoms in total. The van der Waals surface area contributed by atoms with Gasteiger partial charge >= 0.3 is 5.97 Å². The van der Waals surface area contributed by atoms with Crippen LogP contribution in [-0.4, -0.2) is 36.9 Å². The third-order valence-electron chi connectivity index (χ3n) is 1.67. The molecule has 0 aromatic rings. The van der Waals surface area contributed by atoms with Crippen molar-refractivity contribution in [1.82, 2.24) is 5.32 Å². The molecule has 11 heavy (non-hydrogen) atoms. The van der Waals surface area contributed by atoms with E-state index < -0.39 is 12.0 Å². The number of nitrogens with one attached hydrogen (secondary N) is 1. The molecule has 0 saturated heterocycles. The molecule has 1 atom stereocenters. The largest absolute Gasteiger partial charge is 0.480 e. The number of carbonyl (C=O) groups is 1. The van der Waals surface area contributed by atoms with Crippen LogP contribution in [0.2, 0.25) is 0 Å². The van der Waals surface area contributed by atoms with Gasteiger partial charge in [-0.1, -0.05) is 0 Å². The molecule has 1 fully saturated rings. The van der Waals surface area contributed by atoms with E-state index in [2.05, 4.69) is 5.32 Å². The monoisotopic (exact) mass is 159 g/mol. The molecule has 0 aromatic heterocycles. The molecule has 64 valence electrons. The highest BCUT2D eigenvalue weighted by Gasteiger charge is 2.25. The molecule has 0 aliphatic heterocycles. The van der Waals surface area contributed by atoms with E-state index in [1.165, 1.54) is 0 Å². The highest BCUT2D eigenvalue weighted by Crippen LogP contribution is 2.23. The van der Waals surface area contributed by atoms with E-state index in [1.54, 1.807) is 7.05 Å². The smallest absolute Gasteiger partial charge is 0.323 e. The lowest BCUT2D eigenvalue weighted by Crippen LogP contribution is -2.38. The highest BCUT2D eigenvalue weighted by molar-refractivity contribution is 5.73. The second kappa shape index (κ2) is 3.69. The minimum atomic E-state index is -0.854. The van der Waals surface area contributed by atoms with E-state index in [9.17, 15) is 4.79 Å². The summed E-state index contributed by atoms with van der Waals surface area (Å²) in [6, 6.07) is -0.560. The van der Waals surface area contributed by atoms with Gasteiger partial charge in [-0.25, -0.2) is 0 Å². The molecule has 4 heteroatoms. The number of likely N-dealkylation sites (N-methyl/N-ethyl adjacent to an activating group) is 1. The van der Waals surface area contributed by atoms with Gasteiger partial charge in [0.1, 0.15) is 6.04 Å². The Morgan fingerprint density at radius 1 is 1.82 bits per heavy atom. The Hall–Kier alpha value is -0.610. The van der Waals surface area contributed by atoms with E-state index >= 15 is 0 Å². The zero-order valence-corrected chi connectivity index (χ0v) is 6.54. The third-order valence-corrected chi connectivity index (χ3v) is 1.67. The van der Waals surface area contributed by atoms with E-state index in [4.69, 9.17) is 9.84 Å². The van der Waals surface area contributed by atoms with Gasteiger partial charge in [-0.05, 0) is 19.9 Å². The van der Waals surface area contributed by atoms with Crippen molar-refractivity contribution in [3.05, 3.63) is 0 Å². The van der Waals surface area contributed by atoms with Crippen molar-refractivity contribution in [2.45, 2.75) is 25.0 Å². The van der Waals surface area contributed by atoms with Crippen LogP contribution in [0.1, 0.15) is 12.8 Å². The topological polar surface area (TPSA) is 58.6 Å². The predicted molar refractivity (Wildman–Crippen MR) is 39.5 cm³/mol. The summed E-state index contributed by atoms with van der Waals surface area (Å²) in [6.07, 6.45) is 2.48. The minimum Gasteiger partial charge on any atom is -0.480 e. The molecule has 0 heterocycles. The Morgan fingerprint density at radius 2 is 2.45 bits per heavy atom. The quantitative estimate of drug-likeness (QED) is 0.585. The first-order valence-corrected chi connectivity index (χ1v) is 3.75. The first kappa shape index (κ1) is 8.49. The maximum Gasteiger partial charge on any atom is 0.323 e. The number of aliphatic carboxylic acids is 1. The second-order valence-corrected chi connectivity index (χ2v) is 2.71. The zero-order chi connectivity index (χ0) is 8.27. The average Bonchev–Trinajstić information content (AvgIpc) is 2.72. The molecule has 2 N–H and O–H groups in total. The SMILES string of the molecule is CN[C@@H](COC1CC1)C(=O)O. The van der Waals surface area contributed by atoms with Crippen LogP contribution >= 0.6 is 0 Å². The summed E-state index contributed by atoms with van der Waals surface area (Å²) in [6.45, 7) is 0.274. The number of ether oxygens (including phenoxy) is 1. The van der Waals surface area contributed by atoms with Crippen LogP contribution in [0.5, 0.6) is 0 Å². The first-order valence-electron chi connectivity index (χ1n) is 3.75. The zero-order valence-electron chi connectivity index (χ0n) is 6.54. The van der Waals surface area contributed by atoms with Crippen molar-refractivity contribution in [3.8, 4) is 0 Å². The fourth-order valence-corrected chi connectivity index (χ4v) is 0.745. The fourth-order valence-electron chi connectivity index (χ4n) is 0.745. The van der Waals surface area contributed by atoms with Gasteiger partial charge in [0.15, 0.2) is 0 Å². The van der Waals surface area contributed by atoms with Crippen molar-refractivity contribution in [3.63, 3.8) is 0 Å². The molecule has 0 bridgehead atoms. The summed E-state index contributed by atoms with van der Waals surface area (Å²) in [5, 5.41) is 11.2. The Kier molecular flexibility index (Phi) is 2.84. The maximum atomic E-state index is 10.4. The van der Waals surface area contributed by atoms with Crippen molar-refractivity contribution in [1.29, 1.82) is 0 Å². The van der Waals surface area contributed by atoms with E-state index in [0.29, 0.717) is 6.10 Å². The lowest BCUT2D eigenvalue weighted by molar-refractivity contribution is -0.141. The van der Waals surface area contributed by atoms with Gasteiger partial charge in [-0.2, -0.15) is 0 Å². The molecular weight excluding hydrogens is 146 g/mol. The van der Waals surface area contributed by atoms with E-state index in [0.717, 1.165) is 12.8 Å². The summed E-state index contributed by atoms with van der Waals surface area (Å²) in [5.74, 6) is -0.854. The standard InChI is InChI=1S/C7H13NO3/c1-8-6(7(9)10)4-11-5-2-3-5/h5-6,8H,2-4H2,1H3,(H,9,10)/t6-/m0/s1. The van der Waals surface area contributed by atoms with Crippen molar-refractivity contribution < 1.29 is 14.6 Å². The molecule has 0 amide bonds. The summed E-state index contributed by atoms with van der Waals surface area (Å²) in [7, 11) is 1.62. The highest BCUT2D eigenvalue weighted by atomic mass is 16.5. The average molecular weight is 159 g/mol. The minimum absolute atomic E-state index is 0.274. The third kappa shape index (κ3) is 2.86.